The largest absolute Gasteiger partial charge is 0.342 e. The molecule has 0 radical (unpaired) electrons. The molecule has 1 fully saturated rings. The molecule has 0 spiro atoms. The van der Waals surface area contributed by atoms with Crippen LogP contribution in [0.4, 0.5) is 0 Å². The van der Waals surface area contributed by atoms with E-state index in [1.165, 1.54) is 23.1 Å². The number of rotatable bonds is 4. The van der Waals surface area contributed by atoms with Crippen LogP contribution in [0.2, 0.25) is 0 Å². The average Bonchev–Trinajstić information content (AvgIpc) is 2.83. The summed E-state index contributed by atoms with van der Waals surface area (Å²) >= 11 is 3.48. The van der Waals surface area contributed by atoms with Gasteiger partial charge < -0.3 is 4.90 Å². The van der Waals surface area contributed by atoms with Gasteiger partial charge in [0.1, 0.15) is 0 Å². The number of carbonyl (C=O) groups is 1. The lowest BCUT2D eigenvalue weighted by Crippen LogP contribution is -2.30. The molecule has 1 amide bonds. The second-order valence-corrected chi connectivity index (χ2v) is 6.37. The SMILES string of the molecule is Cc1ccc(C)c(CC(=O)N2CCC(CCBr)C2)c1. The maximum absolute atomic E-state index is 12.3. The predicted molar refractivity (Wildman–Crippen MR) is 82.7 cm³/mol. The van der Waals surface area contributed by atoms with Crippen molar-refractivity contribution < 1.29 is 4.79 Å². The Bertz CT molecular complexity index is 458. The third-order valence-corrected chi connectivity index (χ3v) is 4.46. The first-order valence-electron chi connectivity index (χ1n) is 7.00. The van der Waals surface area contributed by atoms with Gasteiger partial charge in [-0.2, -0.15) is 0 Å². The summed E-state index contributed by atoms with van der Waals surface area (Å²) in [6.07, 6.45) is 2.88. The van der Waals surface area contributed by atoms with E-state index in [0.29, 0.717) is 12.3 Å². The van der Waals surface area contributed by atoms with Crippen LogP contribution in [0.15, 0.2) is 18.2 Å². The Hall–Kier alpha value is -0.830. The van der Waals surface area contributed by atoms with E-state index in [0.717, 1.165) is 24.8 Å². The number of likely N-dealkylation sites (tertiary alicyclic amines) is 1. The van der Waals surface area contributed by atoms with Crippen LogP contribution in [0.5, 0.6) is 0 Å². The van der Waals surface area contributed by atoms with Gasteiger partial charge in [-0.3, -0.25) is 4.79 Å². The lowest BCUT2D eigenvalue weighted by molar-refractivity contribution is -0.129. The molecule has 104 valence electrons. The van der Waals surface area contributed by atoms with Crippen LogP contribution < -0.4 is 0 Å². The standard InChI is InChI=1S/C16H22BrNO/c1-12-3-4-13(2)15(9-12)10-16(19)18-8-6-14(11-18)5-7-17/h3-4,9,14H,5-8,10-11H2,1-2H3. The summed E-state index contributed by atoms with van der Waals surface area (Å²) in [6, 6.07) is 6.35. The summed E-state index contributed by atoms with van der Waals surface area (Å²) in [4.78, 5) is 14.4. The Balaban J connectivity index is 1.96. The second-order valence-electron chi connectivity index (χ2n) is 5.58. The van der Waals surface area contributed by atoms with Gasteiger partial charge in [0.05, 0.1) is 6.42 Å². The fraction of sp³-hybridized carbons (Fsp3) is 0.562. The Morgan fingerprint density at radius 2 is 2.21 bits per heavy atom. The number of amides is 1. The second kappa shape index (κ2) is 6.56. The van der Waals surface area contributed by atoms with E-state index in [4.69, 9.17) is 0 Å². The highest BCUT2D eigenvalue weighted by atomic mass is 79.9. The number of hydrogen-bond acceptors (Lipinski definition) is 1. The Morgan fingerprint density at radius 3 is 2.95 bits per heavy atom. The normalized spacial score (nSPS) is 18.9. The van der Waals surface area contributed by atoms with Gasteiger partial charge >= 0.3 is 0 Å². The van der Waals surface area contributed by atoms with Gasteiger partial charge in [0, 0.05) is 18.4 Å². The number of halogens is 1. The van der Waals surface area contributed by atoms with Crippen LogP contribution in [0.25, 0.3) is 0 Å². The van der Waals surface area contributed by atoms with Crippen molar-refractivity contribution in [3.05, 3.63) is 34.9 Å². The minimum atomic E-state index is 0.283. The van der Waals surface area contributed by atoms with Crippen LogP contribution in [-0.2, 0) is 11.2 Å². The van der Waals surface area contributed by atoms with Gasteiger partial charge in [0.15, 0.2) is 0 Å². The summed E-state index contributed by atoms with van der Waals surface area (Å²) in [5.74, 6) is 0.965. The quantitative estimate of drug-likeness (QED) is 0.777. The number of aryl methyl sites for hydroxylation is 2. The fourth-order valence-corrected chi connectivity index (χ4v) is 3.36. The van der Waals surface area contributed by atoms with Gasteiger partial charge in [-0.05, 0) is 43.7 Å². The van der Waals surface area contributed by atoms with Crippen LogP contribution in [0.1, 0.15) is 29.5 Å². The molecule has 0 saturated carbocycles. The molecule has 0 bridgehead atoms. The van der Waals surface area contributed by atoms with E-state index >= 15 is 0 Å². The van der Waals surface area contributed by atoms with Crippen molar-refractivity contribution in [1.29, 1.82) is 0 Å². The van der Waals surface area contributed by atoms with Gasteiger partial charge in [-0.25, -0.2) is 0 Å². The molecule has 2 nitrogen and oxygen atoms in total. The molecule has 0 aromatic heterocycles. The molecule has 1 aliphatic heterocycles. The minimum absolute atomic E-state index is 0.283. The van der Waals surface area contributed by atoms with Crippen LogP contribution in [-0.4, -0.2) is 29.2 Å². The zero-order valence-corrected chi connectivity index (χ0v) is 13.4. The predicted octanol–water partition coefficient (Wildman–Crippen LogP) is 3.48. The first-order valence-corrected chi connectivity index (χ1v) is 8.12. The monoisotopic (exact) mass is 323 g/mol. The molecule has 0 N–H and O–H groups in total. The molecular weight excluding hydrogens is 302 g/mol. The third kappa shape index (κ3) is 3.82. The zero-order valence-electron chi connectivity index (χ0n) is 11.8. The van der Waals surface area contributed by atoms with Crippen LogP contribution in [0, 0.1) is 19.8 Å². The number of nitrogens with zero attached hydrogens (tertiary/aromatic N) is 1. The van der Waals surface area contributed by atoms with Crippen LogP contribution >= 0.6 is 15.9 Å². The summed E-state index contributed by atoms with van der Waals surface area (Å²) < 4.78 is 0. The molecule has 2 rings (SSSR count). The maximum Gasteiger partial charge on any atom is 0.227 e. The molecular formula is C16H22BrNO. The number of alkyl halides is 1. The van der Waals surface area contributed by atoms with E-state index in [2.05, 4.69) is 48.0 Å². The van der Waals surface area contributed by atoms with Crippen molar-refractivity contribution in [2.24, 2.45) is 5.92 Å². The van der Waals surface area contributed by atoms with Gasteiger partial charge in [-0.1, -0.05) is 39.7 Å². The first kappa shape index (κ1) is 14.6. The van der Waals surface area contributed by atoms with E-state index in [9.17, 15) is 4.79 Å². The van der Waals surface area contributed by atoms with Gasteiger partial charge in [-0.15, -0.1) is 0 Å². The highest BCUT2D eigenvalue weighted by Crippen LogP contribution is 2.21. The van der Waals surface area contributed by atoms with Crippen molar-refractivity contribution in [2.75, 3.05) is 18.4 Å². The average molecular weight is 324 g/mol. The first-order chi connectivity index (χ1) is 9.10. The molecule has 1 aromatic rings. The number of benzene rings is 1. The Labute approximate surface area is 124 Å². The molecule has 1 atom stereocenters. The summed E-state index contributed by atoms with van der Waals surface area (Å²) in [6.45, 7) is 6.03. The van der Waals surface area contributed by atoms with Crippen LogP contribution in [0.3, 0.4) is 0 Å². The summed E-state index contributed by atoms with van der Waals surface area (Å²) in [7, 11) is 0. The van der Waals surface area contributed by atoms with Crippen molar-refractivity contribution in [2.45, 2.75) is 33.1 Å². The molecule has 1 aliphatic rings. The minimum Gasteiger partial charge on any atom is -0.342 e. The van der Waals surface area contributed by atoms with Crippen molar-refractivity contribution in [1.82, 2.24) is 4.90 Å². The Kier molecular flexibility index (Phi) is 5.03. The van der Waals surface area contributed by atoms with E-state index in [1.807, 2.05) is 4.90 Å². The molecule has 19 heavy (non-hydrogen) atoms. The number of hydrogen-bond donors (Lipinski definition) is 0. The third-order valence-electron chi connectivity index (χ3n) is 4.00. The topological polar surface area (TPSA) is 20.3 Å². The van der Waals surface area contributed by atoms with Gasteiger partial charge in [0.25, 0.3) is 0 Å². The molecule has 1 aromatic carbocycles. The number of carbonyl (C=O) groups excluding carboxylic acids is 1. The smallest absolute Gasteiger partial charge is 0.227 e. The van der Waals surface area contributed by atoms with E-state index in [1.54, 1.807) is 0 Å². The fourth-order valence-electron chi connectivity index (χ4n) is 2.71. The lowest BCUT2D eigenvalue weighted by atomic mass is 10.0. The molecule has 3 heteroatoms. The van der Waals surface area contributed by atoms with E-state index in [-0.39, 0.29) is 5.91 Å². The van der Waals surface area contributed by atoms with Crippen molar-refractivity contribution >= 4 is 21.8 Å². The summed E-state index contributed by atoms with van der Waals surface area (Å²) in [5.41, 5.74) is 3.62. The van der Waals surface area contributed by atoms with Crippen molar-refractivity contribution in [3.8, 4) is 0 Å². The van der Waals surface area contributed by atoms with Gasteiger partial charge in [0.2, 0.25) is 5.91 Å². The molecule has 1 heterocycles. The summed E-state index contributed by atoms with van der Waals surface area (Å²) in [5, 5.41) is 1.04. The highest BCUT2D eigenvalue weighted by Gasteiger charge is 2.25. The van der Waals surface area contributed by atoms with E-state index < -0.39 is 0 Å². The van der Waals surface area contributed by atoms with Crippen molar-refractivity contribution in [3.63, 3.8) is 0 Å². The molecule has 0 aliphatic carbocycles. The lowest BCUT2D eigenvalue weighted by Gasteiger charge is -2.17. The molecule has 1 unspecified atom stereocenters. The highest BCUT2D eigenvalue weighted by molar-refractivity contribution is 9.09. The maximum atomic E-state index is 12.3. The zero-order chi connectivity index (χ0) is 13.8. The molecule has 1 saturated heterocycles. The Morgan fingerprint density at radius 1 is 1.42 bits per heavy atom.